The van der Waals surface area contributed by atoms with Crippen LogP contribution in [0.4, 0.5) is 11.8 Å². The molecule has 0 unspecified atom stereocenters. The second kappa shape index (κ2) is 7.95. The van der Waals surface area contributed by atoms with Gasteiger partial charge in [-0.1, -0.05) is 48.5 Å². The molecule has 0 amide bonds. The van der Waals surface area contributed by atoms with E-state index in [1.165, 1.54) is 16.5 Å². The van der Waals surface area contributed by atoms with Gasteiger partial charge in [-0.05, 0) is 38.8 Å². The van der Waals surface area contributed by atoms with E-state index in [0.717, 1.165) is 30.0 Å². The lowest BCUT2D eigenvalue weighted by Crippen LogP contribution is -2.27. The van der Waals surface area contributed by atoms with Gasteiger partial charge in [-0.15, -0.1) is 0 Å². The summed E-state index contributed by atoms with van der Waals surface area (Å²) in [5.41, 5.74) is 4.36. The summed E-state index contributed by atoms with van der Waals surface area (Å²) in [6.07, 6.45) is 2.98. The van der Waals surface area contributed by atoms with Gasteiger partial charge in [-0.3, -0.25) is 0 Å². The van der Waals surface area contributed by atoms with E-state index in [4.69, 9.17) is 4.98 Å². The first-order valence-electron chi connectivity index (χ1n) is 9.99. The molecule has 0 bridgehead atoms. The minimum atomic E-state index is -0.0797. The smallest absolute Gasteiger partial charge is 0.225 e. The second-order valence-electron chi connectivity index (χ2n) is 8.24. The first kappa shape index (κ1) is 19.0. The van der Waals surface area contributed by atoms with Crippen LogP contribution in [0, 0.1) is 0 Å². The van der Waals surface area contributed by atoms with Gasteiger partial charge in [0.05, 0.1) is 5.69 Å². The number of aromatic amines is 1. The molecule has 0 saturated carbocycles. The Labute approximate surface area is 171 Å². The van der Waals surface area contributed by atoms with Crippen LogP contribution in [0.1, 0.15) is 26.3 Å². The summed E-state index contributed by atoms with van der Waals surface area (Å²) in [4.78, 5) is 12.8. The lowest BCUT2D eigenvalue weighted by atomic mass is 10.1. The molecular formula is C24H27N5. The van der Waals surface area contributed by atoms with E-state index in [-0.39, 0.29) is 5.54 Å². The van der Waals surface area contributed by atoms with Crippen molar-refractivity contribution in [3.8, 4) is 11.3 Å². The predicted octanol–water partition coefficient (Wildman–Crippen LogP) is 5.49. The minimum Gasteiger partial charge on any atom is -0.365 e. The van der Waals surface area contributed by atoms with Crippen molar-refractivity contribution in [1.29, 1.82) is 0 Å². The van der Waals surface area contributed by atoms with Crippen molar-refractivity contribution in [3.63, 3.8) is 0 Å². The summed E-state index contributed by atoms with van der Waals surface area (Å²) < 4.78 is 0. The Morgan fingerprint density at radius 3 is 2.48 bits per heavy atom. The van der Waals surface area contributed by atoms with Crippen molar-refractivity contribution in [3.05, 3.63) is 72.4 Å². The number of hydrogen-bond donors (Lipinski definition) is 3. The van der Waals surface area contributed by atoms with Gasteiger partial charge in [0.15, 0.2) is 0 Å². The Bertz CT molecular complexity index is 1090. The largest absolute Gasteiger partial charge is 0.365 e. The van der Waals surface area contributed by atoms with Crippen LogP contribution in [0.5, 0.6) is 0 Å². The van der Waals surface area contributed by atoms with Gasteiger partial charge in [0.1, 0.15) is 5.82 Å². The van der Waals surface area contributed by atoms with Crippen LogP contribution in [-0.2, 0) is 6.42 Å². The van der Waals surface area contributed by atoms with Crippen LogP contribution in [0.2, 0.25) is 0 Å². The average Bonchev–Trinajstić information content (AvgIpc) is 3.10. The summed E-state index contributed by atoms with van der Waals surface area (Å²) in [6.45, 7) is 7.14. The maximum atomic E-state index is 4.74. The molecule has 5 nitrogen and oxygen atoms in total. The molecule has 2 heterocycles. The lowest BCUT2D eigenvalue weighted by molar-refractivity contribution is 0.630. The molecule has 0 radical (unpaired) electrons. The topological polar surface area (TPSA) is 65.6 Å². The number of anilines is 2. The van der Waals surface area contributed by atoms with Crippen molar-refractivity contribution in [2.75, 3.05) is 17.2 Å². The van der Waals surface area contributed by atoms with Crippen molar-refractivity contribution in [2.45, 2.75) is 32.7 Å². The lowest BCUT2D eigenvalue weighted by Gasteiger charge is -2.22. The summed E-state index contributed by atoms with van der Waals surface area (Å²) in [6, 6.07) is 20.6. The van der Waals surface area contributed by atoms with E-state index in [1.807, 2.05) is 30.3 Å². The number of nitrogens with one attached hydrogen (secondary N) is 3. The van der Waals surface area contributed by atoms with Crippen molar-refractivity contribution in [1.82, 2.24) is 15.0 Å². The Balaban J connectivity index is 1.54. The fraction of sp³-hybridized carbons (Fsp3) is 0.250. The maximum Gasteiger partial charge on any atom is 0.225 e. The molecule has 2 aromatic heterocycles. The molecule has 29 heavy (non-hydrogen) atoms. The second-order valence-corrected chi connectivity index (χ2v) is 8.24. The standard InChI is InChI=1S/C24H27N5/c1-24(2,3)29-22-15-21(17-9-5-4-6-10-17)27-23(28-22)25-14-13-18-16-26-20-12-8-7-11-19(18)20/h4-12,15-16,26H,13-14H2,1-3H3,(H2,25,27,28,29). The highest BCUT2D eigenvalue weighted by atomic mass is 15.2. The van der Waals surface area contributed by atoms with Gasteiger partial charge in [0.25, 0.3) is 0 Å². The molecule has 0 spiro atoms. The molecular weight excluding hydrogens is 358 g/mol. The SMILES string of the molecule is CC(C)(C)Nc1cc(-c2ccccc2)nc(NCCc2c[nH]c3ccccc23)n1. The Kier molecular flexibility index (Phi) is 5.21. The van der Waals surface area contributed by atoms with Crippen LogP contribution in [-0.4, -0.2) is 27.0 Å². The number of H-pyrrole nitrogens is 1. The zero-order chi connectivity index (χ0) is 20.3. The zero-order valence-electron chi connectivity index (χ0n) is 17.2. The molecule has 0 atom stereocenters. The molecule has 4 rings (SSSR count). The van der Waals surface area contributed by atoms with Gasteiger partial charge in [0, 0.05) is 40.8 Å². The van der Waals surface area contributed by atoms with Crippen LogP contribution >= 0.6 is 0 Å². The molecule has 0 aliphatic carbocycles. The van der Waals surface area contributed by atoms with Gasteiger partial charge in [0.2, 0.25) is 5.95 Å². The number of hydrogen-bond acceptors (Lipinski definition) is 4. The highest BCUT2D eigenvalue weighted by Crippen LogP contribution is 2.23. The van der Waals surface area contributed by atoms with Crippen molar-refractivity contribution >= 4 is 22.7 Å². The van der Waals surface area contributed by atoms with Crippen LogP contribution in [0.25, 0.3) is 22.2 Å². The average molecular weight is 386 g/mol. The van der Waals surface area contributed by atoms with Crippen molar-refractivity contribution < 1.29 is 0 Å². The Hall–Kier alpha value is -3.34. The molecule has 3 N–H and O–H groups in total. The normalized spacial score (nSPS) is 11.6. The highest BCUT2D eigenvalue weighted by molar-refractivity contribution is 5.83. The van der Waals surface area contributed by atoms with E-state index in [2.05, 4.69) is 77.9 Å². The van der Waals surface area contributed by atoms with Crippen LogP contribution < -0.4 is 10.6 Å². The summed E-state index contributed by atoms with van der Waals surface area (Å²) >= 11 is 0. The van der Waals surface area contributed by atoms with E-state index >= 15 is 0 Å². The minimum absolute atomic E-state index is 0.0797. The fourth-order valence-electron chi connectivity index (χ4n) is 3.38. The molecule has 4 aromatic rings. The molecule has 148 valence electrons. The first-order chi connectivity index (χ1) is 14.0. The van der Waals surface area contributed by atoms with Crippen LogP contribution in [0.3, 0.4) is 0 Å². The van der Waals surface area contributed by atoms with Gasteiger partial charge in [-0.2, -0.15) is 4.98 Å². The highest BCUT2D eigenvalue weighted by Gasteiger charge is 2.13. The summed E-state index contributed by atoms with van der Waals surface area (Å²) in [5.74, 6) is 1.46. The molecule has 0 saturated heterocycles. The summed E-state index contributed by atoms with van der Waals surface area (Å²) in [5, 5.41) is 8.14. The first-order valence-corrected chi connectivity index (χ1v) is 9.99. The third-order valence-electron chi connectivity index (χ3n) is 4.65. The predicted molar refractivity (Wildman–Crippen MR) is 121 cm³/mol. The van der Waals surface area contributed by atoms with Crippen LogP contribution in [0.15, 0.2) is 66.9 Å². The molecule has 0 aliphatic rings. The van der Waals surface area contributed by atoms with Gasteiger partial charge < -0.3 is 15.6 Å². The number of nitrogens with zero attached hydrogens (tertiary/aromatic N) is 2. The maximum absolute atomic E-state index is 4.74. The van der Waals surface area contributed by atoms with E-state index < -0.39 is 0 Å². The quantitative estimate of drug-likeness (QED) is 0.411. The van der Waals surface area contributed by atoms with Gasteiger partial charge >= 0.3 is 0 Å². The van der Waals surface area contributed by atoms with E-state index in [1.54, 1.807) is 0 Å². The Morgan fingerprint density at radius 2 is 1.69 bits per heavy atom. The summed E-state index contributed by atoms with van der Waals surface area (Å²) in [7, 11) is 0. The fourth-order valence-corrected chi connectivity index (χ4v) is 3.38. The van der Waals surface area contributed by atoms with Crippen molar-refractivity contribution in [2.24, 2.45) is 0 Å². The Morgan fingerprint density at radius 1 is 0.931 bits per heavy atom. The third-order valence-corrected chi connectivity index (χ3v) is 4.65. The molecule has 0 fully saturated rings. The third kappa shape index (κ3) is 4.74. The molecule has 5 heteroatoms. The van der Waals surface area contributed by atoms with Gasteiger partial charge in [-0.25, -0.2) is 4.98 Å². The molecule has 2 aromatic carbocycles. The van der Waals surface area contributed by atoms with E-state index in [0.29, 0.717) is 5.95 Å². The zero-order valence-corrected chi connectivity index (χ0v) is 17.2. The number of aromatic nitrogens is 3. The number of rotatable bonds is 6. The van der Waals surface area contributed by atoms with E-state index in [9.17, 15) is 0 Å². The number of para-hydroxylation sites is 1. The number of fused-ring (bicyclic) bond motifs is 1. The molecule has 0 aliphatic heterocycles. The monoisotopic (exact) mass is 385 g/mol. The number of benzene rings is 2.